The summed E-state index contributed by atoms with van der Waals surface area (Å²) in [5.41, 5.74) is -2.11. The van der Waals surface area contributed by atoms with Gasteiger partial charge in [-0.15, -0.1) is 23.5 Å². The maximum absolute atomic E-state index is 15.9. The lowest BCUT2D eigenvalue weighted by Crippen LogP contribution is -2.48. The highest BCUT2D eigenvalue weighted by atomic mass is 32.2. The summed E-state index contributed by atoms with van der Waals surface area (Å²) in [5, 5.41) is 5.93. The maximum atomic E-state index is 15.9. The zero-order valence-corrected chi connectivity index (χ0v) is 44.1. The Bertz CT molecular complexity index is 1940. The molecule has 388 valence electrons. The van der Waals surface area contributed by atoms with E-state index in [9.17, 15) is 9.59 Å². The van der Waals surface area contributed by atoms with E-state index >= 15 is 26.3 Å². The molecule has 12 heteroatoms. The molecule has 69 heavy (non-hydrogen) atoms. The molecule has 1 aromatic rings. The first-order valence-corrected chi connectivity index (χ1v) is 28.8. The standard InChI is InChI=1S/C57H84F6N2O2S2/c1-5-7-9-11-13-15-17-19-21-23-25-27-29-31-39-64-49(66)38-37-45-41-46-50-51(56(60,61)57(62,63)55(50,58)59)47-42-48(69-54(47,4)53(46,3)68-45)43-33-35-44(36-34-43)52(67)65-40-32-30-28-26-24-22-20-18-16-14-12-10-8-6-2/h33-36,41-42H,5-32,37-40H2,1-4H3,(H,64,66)(H,65,67)/t53-,54-/m1/s1. The first kappa shape index (κ1) is 57.3. The number of thioether (sulfide) groups is 2. The third kappa shape index (κ3) is 14.3. The van der Waals surface area contributed by atoms with Crippen LogP contribution in [0.3, 0.4) is 0 Å². The lowest BCUT2D eigenvalue weighted by molar-refractivity contribution is -0.258. The molecule has 0 saturated heterocycles. The number of carbonyl (C=O) groups is 2. The summed E-state index contributed by atoms with van der Waals surface area (Å²) >= 11 is 2.38. The number of amides is 2. The Labute approximate surface area is 420 Å². The van der Waals surface area contributed by atoms with Gasteiger partial charge in [-0.25, -0.2) is 0 Å². The molecule has 2 atom stereocenters. The van der Waals surface area contributed by atoms with Crippen LogP contribution < -0.4 is 10.6 Å². The van der Waals surface area contributed by atoms with Gasteiger partial charge < -0.3 is 10.6 Å². The molecule has 0 spiro atoms. The Morgan fingerprint density at radius 1 is 0.493 bits per heavy atom. The predicted molar refractivity (Wildman–Crippen MR) is 279 cm³/mol. The van der Waals surface area contributed by atoms with Crippen LogP contribution in [0.25, 0.3) is 4.91 Å². The van der Waals surface area contributed by atoms with Gasteiger partial charge in [-0.2, -0.15) is 26.3 Å². The number of fused-ring (bicyclic) bond motifs is 4. The van der Waals surface area contributed by atoms with E-state index in [4.69, 9.17) is 0 Å². The Morgan fingerprint density at radius 3 is 1.30 bits per heavy atom. The molecular weight excluding hydrogens is 923 g/mol. The van der Waals surface area contributed by atoms with Gasteiger partial charge in [-0.1, -0.05) is 193 Å². The summed E-state index contributed by atoms with van der Waals surface area (Å²) < 4.78 is 91.6. The molecule has 0 unspecified atom stereocenters. The third-order valence-electron chi connectivity index (χ3n) is 15.1. The van der Waals surface area contributed by atoms with Crippen molar-refractivity contribution in [1.29, 1.82) is 0 Å². The Balaban J connectivity index is 1.10. The number of alkyl halides is 6. The number of nitrogens with one attached hydrogen (secondary N) is 2. The zero-order valence-electron chi connectivity index (χ0n) is 42.5. The molecule has 1 fully saturated rings. The van der Waals surface area contributed by atoms with Crippen molar-refractivity contribution in [2.75, 3.05) is 13.1 Å². The van der Waals surface area contributed by atoms with Crippen molar-refractivity contribution in [1.82, 2.24) is 10.6 Å². The molecule has 2 N–H and O–H groups in total. The molecule has 5 rings (SSSR count). The van der Waals surface area contributed by atoms with Crippen LogP contribution in [0.2, 0.25) is 0 Å². The predicted octanol–water partition coefficient (Wildman–Crippen LogP) is 18.0. The second kappa shape index (κ2) is 27.5. The highest BCUT2D eigenvalue weighted by molar-refractivity contribution is 8.12. The molecule has 4 aliphatic rings. The summed E-state index contributed by atoms with van der Waals surface area (Å²) in [5.74, 6) is -16.3. The van der Waals surface area contributed by atoms with Crippen LogP contribution in [0.15, 0.2) is 63.6 Å². The van der Waals surface area contributed by atoms with Crippen LogP contribution in [-0.2, 0) is 4.79 Å². The number of halogens is 6. The van der Waals surface area contributed by atoms with Gasteiger partial charge in [0.2, 0.25) is 5.91 Å². The van der Waals surface area contributed by atoms with E-state index in [2.05, 4.69) is 24.5 Å². The van der Waals surface area contributed by atoms with Crippen molar-refractivity contribution in [2.45, 2.75) is 248 Å². The van der Waals surface area contributed by atoms with E-state index in [0.29, 0.717) is 34.0 Å². The molecule has 2 aliphatic heterocycles. The normalized spacial score (nSPS) is 21.8. The minimum atomic E-state index is -5.64. The molecular formula is C57H84F6N2O2S2. The average Bonchev–Trinajstić information content (AvgIpc) is 3.90. The molecule has 1 saturated carbocycles. The summed E-state index contributed by atoms with van der Waals surface area (Å²) in [6.07, 6.45) is 37.7. The highest BCUT2D eigenvalue weighted by Crippen LogP contribution is 2.74. The zero-order chi connectivity index (χ0) is 50.0. The van der Waals surface area contributed by atoms with Crippen LogP contribution in [0, 0.1) is 0 Å². The van der Waals surface area contributed by atoms with Crippen molar-refractivity contribution in [3.63, 3.8) is 0 Å². The fourth-order valence-corrected chi connectivity index (χ4v) is 13.7. The van der Waals surface area contributed by atoms with E-state index in [1.54, 1.807) is 38.1 Å². The number of hydrogen-bond donors (Lipinski definition) is 2. The van der Waals surface area contributed by atoms with Gasteiger partial charge in [0.05, 0.1) is 9.49 Å². The number of rotatable bonds is 35. The molecule has 1 aromatic carbocycles. The third-order valence-corrected chi connectivity index (χ3v) is 18.4. The second-order valence-electron chi connectivity index (χ2n) is 20.6. The summed E-state index contributed by atoms with van der Waals surface area (Å²) in [4.78, 5) is 27.0. The van der Waals surface area contributed by atoms with Gasteiger partial charge >= 0.3 is 17.8 Å². The molecule has 0 radical (unpaired) electrons. The summed E-state index contributed by atoms with van der Waals surface area (Å²) in [6, 6.07) is 6.64. The van der Waals surface area contributed by atoms with Crippen molar-refractivity contribution in [3.8, 4) is 0 Å². The minimum absolute atomic E-state index is 0.0543. The van der Waals surface area contributed by atoms with Crippen molar-refractivity contribution in [3.05, 3.63) is 74.7 Å². The molecule has 2 aliphatic carbocycles. The quantitative estimate of drug-likeness (QED) is 0.0525. The first-order chi connectivity index (χ1) is 33.1. The van der Waals surface area contributed by atoms with Crippen LogP contribution in [0.5, 0.6) is 0 Å². The summed E-state index contributed by atoms with van der Waals surface area (Å²) in [6.45, 7) is 8.89. The second-order valence-corrected chi connectivity index (χ2v) is 23.6. The van der Waals surface area contributed by atoms with Gasteiger partial charge in [0.1, 0.15) is 0 Å². The van der Waals surface area contributed by atoms with Gasteiger partial charge in [0, 0.05) is 41.1 Å². The summed E-state index contributed by atoms with van der Waals surface area (Å²) in [7, 11) is 0. The van der Waals surface area contributed by atoms with Gasteiger partial charge in [-0.3, -0.25) is 9.59 Å². The largest absolute Gasteiger partial charge is 0.380 e. The molecule has 0 bridgehead atoms. The van der Waals surface area contributed by atoms with E-state index < -0.39 is 38.4 Å². The van der Waals surface area contributed by atoms with E-state index in [1.165, 1.54) is 177 Å². The van der Waals surface area contributed by atoms with E-state index in [0.717, 1.165) is 38.5 Å². The Hall–Kier alpha value is -2.60. The van der Waals surface area contributed by atoms with Crippen LogP contribution in [0.1, 0.15) is 236 Å². The van der Waals surface area contributed by atoms with E-state index in [1.807, 2.05) is 0 Å². The lowest BCUT2D eigenvalue weighted by Gasteiger charge is -2.47. The van der Waals surface area contributed by atoms with Crippen LogP contribution >= 0.6 is 23.5 Å². The number of benzene rings is 1. The van der Waals surface area contributed by atoms with Gasteiger partial charge in [-0.05, 0) is 79.0 Å². The number of allylic oxidation sites excluding steroid dienone is 5. The fraction of sp³-hybridized carbons (Fsp3) is 0.719. The topological polar surface area (TPSA) is 58.2 Å². The molecule has 0 aromatic heterocycles. The minimum Gasteiger partial charge on any atom is -0.356 e. The Morgan fingerprint density at radius 2 is 0.870 bits per heavy atom. The smallest absolute Gasteiger partial charge is 0.356 e. The van der Waals surface area contributed by atoms with Crippen molar-refractivity contribution < 1.29 is 35.9 Å². The van der Waals surface area contributed by atoms with Crippen molar-refractivity contribution >= 4 is 40.2 Å². The lowest BCUT2D eigenvalue weighted by atomic mass is 9.71. The first-order valence-electron chi connectivity index (χ1n) is 27.2. The SMILES string of the molecule is CCCCCCCCCCCCCCCCNC(=O)CCC1=CC2=C3C(=C4C=C(c5ccc(C(=O)NCCCCCCCCCCCCCCCC)cc5)S[C@@]4(C)[C@]2(C)S1)C(F)(F)C(F)(F)C3(F)F. The monoisotopic (exact) mass is 1010 g/mol. The van der Waals surface area contributed by atoms with E-state index in [-0.39, 0.29) is 35.8 Å². The molecule has 2 amide bonds. The fourth-order valence-electron chi connectivity index (χ4n) is 10.5. The highest BCUT2D eigenvalue weighted by Gasteiger charge is 2.84. The molecule has 4 nitrogen and oxygen atoms in total. The maximum Gasteiger partial charge on any atom is 0.380 e. The van der Waals surface area contributed by atoms with Crippen molar-refractivity contribution in [2.24, 2.45) is 0 Å². The molecule has 2 heterocycles. The average molecular weight is 1010 g/mol. The van der Waals surface area contributed by atoms with Crippen LogP contribution in [-0.4, -0.2) is 52.2 Å². The number of carbonyl (C=O) groups excluding carboxylic acids is 2. The Kier molecular flexibility index (Phi) is 22.8. The number of hydrogen-bond acceptors (Lipinski definition) is 4. The van der Waals surface area contributed by atoms with Crippen LogP contribution in [0.4, 0.5) is 26.3 Å². The van der Waals surface area contributed by atoms with Gasteiger partial charge in [0.15, 0.2) is 0 Å². The van der Waals surface area contributed by atoms with Gasteiger partial charge in [0.25, 0.3) is 5.91 Å². The number of unbranched alkanes of at least 4 members (excludes halogenated alkanes) is 26.